The van der Waals surface area contributed by atoms with E-state index in [2.05, 4.69) is 5.16 Å². The van der Waals surface area contributed by atoms with Crippen molar-refractivity contribution in [1.82, 2.24) is 0 Å². The van der Waals surface area contributed by atoms with Crippen molar-refractivity contribution in [3.8, 4) is 11.5 Å². The highest BCUT2D eigenvalue weighted by molar-refractivity contribution is 5.84. The summed E-state index contributed by atoms with van der Waals surface area (Å²) in [6, 6.07) is 5.53. The molecule has 0 aromatic heterocycles. The second kappa shape index (κ2) is 5.57. The van der Waals surface area contributed by atoms with Crippen LogP contribution >= 0.6 is 0 Å². The van der Waals surface area contributed by atoms with Gasteiger partial charge >= 0.3 is 0 Å². The van der Waals surface area contributed by atoms with Crippen molar-refractivity contribution in [3.63, 3.8) is 0 Å². The van der Waals surface area contributed by atoms with Gasteiger partial charge in [0.2, 0.25) is 0 Å². The standard InChI is InChI=1S/C13H17NO3/c1-16-12-8-4-5-10(9-14-15)13(12)17-11-6-2-3-7-11/h4-5,8-9,11,15H,2-3,6-7H2,1H3. The molecule has 0 unspecified atom stereocenters. The van der Waals surface area contributed by atoms with Crippen LogP contribution in [-0.2, 0) is 0 Å². The predicted octanol–water partition coefficient (Wildman–Crippen LogP) is 2.82. The fourth-order valence-corrected chi connectivity index (χ4v) is 2.16. The van der Waals surface area contributed by atoms with Crippen LogP contribution in [0.5, 0.6) is 11.5 Å². The number of oxime groups is 1. The molecule has 4 heteroatoms. The van der Waals surface area contributed by atoms with E-state index in [1.54, 1.807) is 7.11 Å². The monoisotopic (exact) mass is 235 g/mol. The molecule has 0 radical (unpaired) electrons. The van der Waals surface area contributed by atoms with Gasteiger partial charge in [0.15, 0.2) is 11.5 Å². The maximum atomic E-state index is 8.64. The zero-order valence-corrected chi connectivity index (χ0v) is 9.93. The number of benzene rings is 1. The molecule has 1 saturated carbocycles. The van der Waals surface area contributed by atoms with Gasteiger partial charge in [-0.15, -0.1) is 0 Å². The second-order valence-corrected chi connectivity index (χ2v) is 4.15. The van der Waals surface area contributed by atoms with E-state index in [0.29, 0.717) is 11.5 Å². The molecular formula is C13H17NO3. The number of nitrogens with zero attached hydrogens (tertiary/aromatic N) is 1. The fourth-order valence-electron chi connectivity index (χ4n) is 2.16. The summed E-state index contributed by atoms with van der Waals surface area (Å²) in [6.45, 7) is 0. The van der Waals surface area contributed by atoms with Gasteiger partial charge in [0, 0.05) is 5.56 Å². The third-order valence-corrected chi connectivity index (χ3v) is 3.01. The second-order valence-electron chi connectivity index (χ2n) is 4.15. The van der Waals surface area contributed by atoms with Crippen LogP contribution in [0.1, 0.15) is 31.2 Å². The third-order valence-electron chi connectivity index (χ3n) is 3.01. The summed E-state index contributed by atoms with van der Waals surface area (Å²) >= 11 is 0. The first-order chi connectivity index (χ1) is 8.35. The molecule has 0 heterocycles. The Hall–Kier alpha value is -1.71. The van der Waals surface area contributed by atoms with Crippen LogP contribution in [0.25, 0.3) is 0 Å². The Bertz CT molecular complexity index is 398. The van der Waals surface area contributed by atoms with Crippen molar-refractivity contribution >= 4 is 6.21 Å². The van der Waals surface area contributed by atoms with Gasteiger partial charge in [-0.3, -0.25) is 0 Å². The van der Waals surface area contributed by atoms with E-state index in [0.717, 1.165) is 18.4 Å². The molecule has 1 aromatic rings. The molecule has 0 aliphatic heterocycles. The molecule has 0 amide bonds. The SMILES string of the molecule is COc1cccc(C=NO)c1OC1CCCC1. The molecule has 92 valence electrons. The van der Waals surface area contributed by atoms with Crippen LogP contribution in [0.3, 0.4) is 0 Å². The summed E-state index contributed by atoms with van der Waals surface area (Å²) in [7, 11) is 1.61. The summed E-state index contributed by atoms with van der Waals surface area (Å²) in [5.41, 5.74) is 0.735. The molecule has 17 heavy (non-hydrogen) atoms. The number of methoxy groups -OCH3 is 1. The van der Waals surface area contributed by atoms with Crippen molar-refractivity contribution < 1.29 is 14.7 Å². The van der Waals surface area contributed by atoms with Crippen LogP contribution in [0, 0.1) is 0 Å². The number of para-hydroxylation sites is 1. The van der Waals surface area contributed by atoms with Gasteiger partial charge in [0.1, 0.15) is 0 Å². The molecule has 0 atom stereocenters. The molecular weight excluding hydrogens is 218 g/mol. The molecule has 1 aliphatic rings. The lowest BCUT2D eigenvalue weighted by Crippen LogP contribution is -2.13. The minimum absolute atomic E-state index is 0.247. The maximum Gasteiger partial charge on any atom is 0.170 e. The van der Waals surface area contributed by atoms with E-state index in [-0.39, 0.29) is 6.10 Å². The van der Waals surface area contributed by atoms with E-state index in [1.165, 1.54) is 19.1 Å². The number of ether oxygens (including phenoxy) is 2. The van der Waals surface area contributed by atoms with Crippen molar-refractivity contribution in [3.05, 3.63) is 23.8 Å². The topological polar surface area (TPSA) is 51.0 Å². The normalized spacial score (nSPS) is 16.5. The fraction of sp³-hybridized carbons (Fsp3) is 0.462. The van der Waals surface area contributed by atoms with E-state index in [1.807, 2.05) is 18.2 Å². The quantitative estimate of drug-likeness (QED) is 0.496. The lowest BCUT2D eigenvalue weighted by Gasteiger charge is -2.17. The highest BCUT2D eigenvalue weighted by Crippen LogP contribution is 2.33. The van der Waals surface area contributed by atoms with E-state index >= 15 is 0 Å². The summed E-state index contributed by atoms with van der Waals surface area (Å²) in [5.74, 6) is 1.34. The Kier molecular flexibility index (Phi) is 3.85. The average molecular weight is 235 g/mol. The number of hydrogen-bond acceptors (Lipinski definition) is 4. The molecule has 0 saturated heterocycles. The molecule has 2 rings (SSSR count). The van der Waals surface area contributed by atoms with Crippen molar-refractivity contribution in [2.45, 2.75) is 31.8 Å². The largest absolute Gasteiger partial charge is 0.493 e. The van der Waals surface area contributed by atoms with Crippen LogP contribution in [0.15, 0.2) is 23.4 Å². The van der Waals surface area contributed by atoms with Crippen molar-refractivity contribution in [2.24, 2.45) is 5.16 Å². The van der Waals surface area contributed by atoms with Gasteiger partial charge in [0.25, 0.3) is 0 Å². The highest BCUT2D eigenvalue weighted by Gasteiger charge is 2.19. The summed E-state index contributed by atoms with van der Waals surface area (Å²) in [5, 5.41) is 11.7. The molecule has 1 aliphatic carbocycles. The first-order valence-electron chi connectivity index (χ1n) is 5.86. The zero-order valence-electron chi connectivity index (χ0n) is 9.93. The lowest BCUT2D eigenvalue weighted by molar-refractivity contribution is 0.200. The predicted molar refractivity (Wildman–Crippen MR) is 65.3 cm³/mol. The molecule has 1 aromatic carbocycles. The van der Waals surface area contributed by atoms with Gasteiger partial charge in [-0.05, 0) is 37.8 Å². The molecule has 0 spiro atoms. The van der Waals surface area contributed by atoms with E-state index < -0.39 is 0 Å². The molecule has 1 fully saturated rings. The average Bonchev–Trinajstić information content (AvgIpc) is 2.84. The minimum atomic E-state index is 0.247. The Morgan fingerprint density at radius 1 is 1.35 bits per heavy atom. The molecule has 1 N–H and O–H groups in total. The smallest absolute Gasteiger partial charge is 0.170 e. The van der Waals surface area contributed by atoms with Crippen molar-refractivity contribution in [1.29, 1.82) is 0 Å². The van der Waals surface area contributed by atoms with Crippen LogP contribution in [0.2, 0.25) is 0 Å². The zero-order chi connectivity index (χ0) is 12.1. The first kappa shape index (κ1) is 11.8. The lowest BCUT2D eigenvalue weighted by atomic mass is 10.2. The highest BCUT2D eigenvalue weighted by atomic mass is 16.5. The summed E-state index contributed by atoms with van der Waals surface area (Å²) in [4.78, 5) is 0. The van der Waals surface area contributed by atoms with Gasteiger partial charge in [0.05, 0.1) is 19.4 Å². The summed E-state index contributed by atoms with van der Waals surface area (Å²) in [6.07, 6.45) is 6.19. The van der Waals surface area contributed by atoms with Crippen molar-refractivity contribution in [2.75, 3.05) is 7.11 Å². The number of rotatable bonds is 4. The third kappa shape index (κ3) is 2.70. The van der Waals surface area contributed by atoms with Crippen LogP contribution in [-0.4, -0.2) is 24.6 Å². The van der Waals surface area contributed by atoms with Gasteiger partial charge in [-0.1, -0.05) is 11.2 Å². The van der Waals surface area contributed by atoms with Gasteiger partial charge in [-0.2, -0.15) is 0 Å². The van der Waals surface area contributed by atoms with E-state index in [4.69, 9.17) is 14.7 Å². The maximum absolute atomic E-state index is 8.64. The van der Waals surface area contributed by atoms with Crippen LogP contribution < -0.4 is 9.47 Å². The Labute approximate surface area is 101 Å². The number of hydrogen-bond donors (Lipinski definition) is 1. The molecule has 4 nitrogen and oxygen atoms in total. The van der Waals surface area contributed by atoms with Gasteiger partial charge < -0.3 is 14.7 Å². The Balaban J connectivity index is 2.26. The minimum Gasteiger partial charge on any atom is -0.493 e. The van der Waals surface area contributed by atoms with E-state index in [9.17, 15) is 0 Å². The first-order valence-corrected chi connectivity index (χ1v) is 5.86. The Morgan fingerprint density at radius 3 is 2.76 bits per heavy atom. The summed E-state index contributed by atoms with van der Waals surface area (Å²) < 4.78 is 11.2. The van der Waals surface area contributed by atoms with Crippen LogP contribution in [0.4, 0.5) is 0 Å². The molecule has 0 bridgehead atoms. The Morgan fingerprint density at radius 2 is 2.12 bits per heavy atom. The van der Waals surface area contributed by atoms with Gasteiger partial charge in [-0.25, -0.2) is 0 Å².